The smallest absolute Gasteiger partial charge is 0.305 e. The molecule has 0 aromatic carbocycles. The molecule has 0 fully saturated rings. The molecule has 0 saturated carbocycles. The predicted octanol–water partition coefficient (Wildman–Crippen LogP) is -0.856. The van der Waals surface area contributed by atoms with Gasteiger partial charge < -0.3 is 15.7 Å². The molecule has 0 saturated heterocycles. The number of ketones is 1. The van der Waals surface area contributed by atoms with Gasteiger partial charge in [-0.3, -0.25) is 14.4 Å². The summed E-state index contributed by atoms with van der Waals surface area (Å²) >= 11 is 0. The molecule has 0 aliphatic carbocycles. The van der Waals surface area contributed by atoms with Gasteiger partial charge in [-0.05, 0) is 6.92 Å². The first-order valence-corrected chi connectivity index (χ1v) is 4.63. The number of carbonyl (C=O) groups excluding carboxylic acids is 2. The van der Waals surface area contributed by atoms with Crippen LogP contribution in [-0.2, 0) is 14.4 Å². The molecule has 6 heteroatoms. The highest BCUT2D eigenvalue weighted by molar-refractivity contribution is 5.85. The summed E-state index contributed by atoms with van der Waals surface area (Å²) in [7, 11) is 0. The summed E-state index contributed by atoms with van der Waals surface area (Å²) in [5, 5.41) is 13.8. The maximum atomic E-state index is 11.0. The van der Waals surface area contributed by atoms with Crippen LogP contribution in [0.2, 0.25) is 0 Å². The Morgan fingerprint density at radius 3 is 2.20 bits per heavy atom. The number of nitrogens with one attached hydrogen (secondary N) is 2. The van der Waals surface area contributed by atoms with E-state index in [0.717, 1.165) is 0 Å². The van der Waals surface area contributed by atoms with Crippen molar-refractivity contribution in [3.63, 3.8) is 0 Å². The fourth-order valence-electron chi connectivity index (χ4n) is 1.02. The molecule has 1 atom stereocenters. The fourth-order valence-corrected chi connectivity index (χ4v) is 1.02. The van der Waals surface area contributed by atoms with Crippen molar-refractivity contribution in [2.45, 2.75) is 26.3 Å². The highest BCUT2D eigenvalue weighted by Gasteiger charge is 2.16. The van der Waals surface area contributed by atoms with E-state index in [9.17, 15) is 14.4 Å². The lowest BCUT2D eigenvalue weighted by atomic mass is 10.1. The number of Topliss-reactive ketones (excluding diaryl/α,β-unsaturated/α-hetero) is 1. The van der Waals surface area contributed by atoms with Gasteiger partial charge in [-0.2, -0.15) is 0 Å². The number of rotatable bonds is 7. The molecule has 0 aliphatic heterocycles. The maximum Gasteiger partial charge on any atom is 0.305 e. The molecule has 0 spiro atoms. The van der Waals surface area contributed by atoms with Gasteiger partial charge in [-0.1, -0.05) is 0 Å². The second-order valence-electron chi connectivity index (χ2n) is 3.20. The SMILES string of the molecule is CC(=O)NCCNC(CC(=O)O)C(C)=O. The summed E-state index contributed by atoms with van der Waals surface area (Å²) in [5.74, 6) is -1.41. The standard InChI is InChI=1S/C9H16N2O4/c1-6(12)8(5-9(14)15)11-4-3-10-7(2)13/h8,11H,3-5H2,1-2H3,(H,10,13)(H,14,15). The van der Waals surface area contributed by atoms with Crippen LogP contribution in [0.1, 0.15) is 20.3 Å². The third kappa shape index (κ3) is 7.63. The second kappa shape index (κ2) is 6.94. The van der Waals surface area contributed by atoms with E-state index in [-0.39, 0.29) is 18.1 Å². The van der Waals surface area contributed by atoms with Gasteiger partial charge in [0, 0.05) is 20.0 Å². The highest BCUT2D eigenvalue weighted by Crippen LogP contribution is 1.93. The molecule has 0 aliphatic rings. The average Bonchev–Trinajstić information content (AvgIpc) is 2.08. The molecule has 15 heavy (non-hydrogen) atoms. The Labute approximate surface area is 88.0 Å². The normalized spacial score (nSPS) is 11.9. The number of aliphatic carboxylic acids is 1. The molecule has 1 unspecified atom stereocenters. The number of amides is 1. The average molecular weight is 216 g/mol. The van der Waals surface area contributed by atoms with Gasteiger partial charge in [-0.25, -0.2) is 0 Å². The molecule has 1 amide bonds. The van der Waals surface area contributed by atoms with Crippen molar-refractivity contribution < 1.29 is 19.5 Å². The molecular weight excluding hydrogens is 200 g/mol. The topological polar surface area (TPSA) is 95.5 Å². The summed E-state index contributed by atoms with van der Waals surface area (Å²) < 4.78 is 0. The Hall–Kier alpha value is -1.43. The Morgan fingerprint density at radius 1 is 1.20 bits per heavy atom. The zero-order chi connectivity index (χ0) is 11.8. The van der Waals surface area contributed by atoms with Crippen molar-refractivity contribution in [2.75, 3.05) is 13.1 Å². The zero-order valence-electron chi connectivity index (χ0n) is 8.87. The first kappa shape index (κ1) is 13.6. The van der Waals surface area contributed by atoms with Crippen LogP contribution in [0.5, 0.6) is 0 Å². The lowest BCUT2D eigenvalue weighted by Crippen LogP contribution is -2.41. The largest absolute Gasteiger partial charge is 0.481 e. The molecular formula is C9H16N2O4. The third-order valence-corrected chi connectivity index (χ3v) is 1.76. The van der Waals surface area contributed by atoms with Crippen LogP contribution in [0.15, 0.2) is 0 Å². The van der Waals surface area contributed by atoms with Gasteiger partial charge in [0.25, 0.3) is 0 Å². The fraction of sp³-hybridized carbons (Fsp3) is 0.667. The molecule has 0 heterocycles. The number of carboxylic acid groups (broad SMARTS) is 1. The van der Waals surface area contributed by atoms with E-state index in [1.165, 1.54) is 13.8 Å². The van der Waals surface area contributed by atoms with Gasteiger partial charge in [0.1, 0.15) is 5.78 Å². The van der Waals surface area contributed by atoms with Crippen LogP contribution in [-0.4, -0.2) is 41.9 Å². The van der Waals surface area contributed by atoms with Crippen molar-refractivity contribution in [1.29, 1.82) is 0 Å². The van der Waals surface area contributed by atoms with E-state index < -0.39 is 12.0 Å². The van der Waals surface area contributed by atoms with Gasteiger partial charge in [-0.15, -0.1) is 0 Å². The molecule has 0 radical (unpaired) electrons. The summed E-state index contributed by atoms with van der Waals surface area (Å²) in [6, 6.07) is -0.684. The van der Waals surface area contributed by atoms with Gasteiger partial charge >= 0.3 is 5.97 Å². The molecule has 0 aromatic rings. The Balaban J connectivity index is 3.81. The van der Waals surface area contributed by atoms with Crippen LogP contribution in [0.25, 0.3) is 0 Å². The van der Waals surface area contributed by atoms with Crippen molar-refractivity contribution >= 4 is 17.7 Å². The minimum atomic E-state index is -1.03. The number of hydrogen-bond acceptors (Lipinski definition) is 4. The van der Waals surface area contributed by atoms with E-state index in [1.54, 1.807) is 0 Å². The number of carboxylic acids is 1. The molecule has 0 bridgehead atoms. The van der Waals surface area contributed by atoms with Crippen LogP contribution < -0.4 is 10.6 Å². The van der Waals surface area contributed by atoms with Crippen molar-refractivity contribution in [1.82, 2.24) is 10.6 Å². The summed E-state index contributed by atoms with van der Waals surface area (Å²) in [4.78, 5) is 31.9. The second-order valence-corrected chi connectivity index (χ2v) is 3.20. The van der Waals surface area contributed by atoms with E-state index in [4.69, 9.17) is 5.11 Å². The quantitative estimate of drug-likeness (QED) is 0.481. The molecule has 86 valence electrons. The van der Waals surface area contributed by atoms with Crippen LogP contribution >= 0.6 is 0 Å². The number of hydrogen-bond donors (Lipinski definition) is 3. The Bertz CT molecular complexity index is 252. The maximum absolute atomic E-state index is 11.0. The van der Waals surface area contributed by atoms with Crippen molar-refractivity contribution in [3.8, 4) is 0 Å². The molecule has 0 aromatic heterocycles. The van der Waals surface area contributed by atoms with Gasteiger partial charge in [0.05, 0.1) is 12.5 Å². The van der Waals surface area contributed by atoms with Crippen molar-refractivity contribution in [2.24, 2.45) is 0 Å². The molecule has 3 N–H and O–H groups in total. The first-order chi connectivity index (χ1) is 6.93. The molecule has 0 rings (SSSR count). The van der Waals surface area contributed by atoms with E-state index >= 15 is 0 Å². The van der Waals surface area contributed by atoms with Crippen LogP contribution in [0, 0.1) is 0 Å². The van der Waals surface area contributed by atoms with Crippen molar-refractivity contribution in [3.05, 3.63) is 0 Å². The van der Waals surface area contributed by atoms with Gasteiger partial charge in [0.15, 0.2) is 0 Å². The Kier molecular flexibility index (Phi) is 6.28. The predicted molar refractivity (Wildman–Crippen MR) is 53.4 cm³/mol. The van der Waals surface area contributed by atoms with E-state index in [1.807, 2.05) is 0 Å². The Morgan fingerprint density at radius 2 is 1.80 bits per heavy atom. The molecule has 6 nitrogen and oxygen atoms in total. The first-order valence-electron chi connectivity index (χ1n) is 4.63. The van der Waals surface area contributed by atoms with Gasteiger partial charge in [0.2, 0.25) is 5.91 Å². The minimum Gasteiger partial charge on any atom is -0.481 e. The lowest BCUT2D eigenvalue weighted by molar-refractivity contribution is -0.139. The van der Waals surface area contributed by atoms with E-state index in [2.05, 4.69) is 10.6 Å². The van der Waals surface area contributed by atoms with Crippen LogP contribution in [0.3, 0.4) is 0 Å². The minimum absolute atomic E-state index is 0.158. The lowest BCUT2D eigenvalue weighted by Gasteiger charge is -2.13. The van der Waals surface area contributed by atoms with Crippen LogP contribution in [0.4, 0.5) is 0 Å². The number of carbonyl (C=O) groups is 3. The third-order valence-electron chi connectivity index (χ3n) is 1.76. The summed E-state index contributed by atoms with van der Waals surface area (Å²) in [6.07, 6.45) is -0.241. The summed E-state index contributed by atoms with van der Waals surface area (Å²) in [5.41, 5.74) is 0. The van der Waals surface area contributed by atoms with E-state index in [0.29, 0.717) is 13.1 Å². The highest BCUT2D eigenvalue weighted by atomic mass is 16.4. The summed E-state index contributed by atoms with van der Waals surface area (Å²) in [6.45, 7) is 3.47. The zero-order valence-corrected chi connectivity index (χ0v) is 8.87. The monoisotopic (exact) mass is 216 g/mol.